The van der Waals surface area contributed by atoms with Crippen molar-refractivity contribution in [1.29, 1.82) is 0 Å². The highest BCUT2D eigenvalue weighted by atomic mass is 16.6. The maximum atomic E-state index is 11.8. The summed E-state index contributed by atoms with van der Waals surface area (Å²) in [6.07, 6.45) is 1.61. The number of nitrogens with zero attached hydrogens (tertiary/aromatic N) is 3. The van der Waals surface area contributed by atoms with E-state index in [1.807, 2.05) is 6.92 Å². The van der Waals surface area contributed by atoms with E-state index in [0.29, 0.717) is 28.8 Å². The summed E-state index contributed by atoms with van der Waals surface area (Å²) < 4.78 is 0. The lowest BCUT2D eigenvalue weighted by molar-refractivity contribution is -0.384. The van der Waals surface area contributed by atoms with Crippen LogP contribution >= 0.6 is 0 Å². The SMILES string of the molecule is CCNC(=O)c1ccc(-c2cnc3ccc([N+](=O)[O-])cc3n2)cc1. The van der Waals surface area contributed by atoms with Crippen molar-refractivity contribution in [2.24, 2.45) is 0 Å². The minimum absolute atomic E-state index is 0.0273. The highest BCUT2D eigenvalue weighted by Gasteiger charge is 2.10. The fourth-order valence-corrected chi connectivity index (χ4v) is 2.31. The van der Waals surface area contributed by atoms with Crippen molar-refractivity contribution in [3.63, 3.8) is 0 Å². The molecule has 0 radical (unpaired) electrons. The molecule has 2 aromatic carbocycles. The van der Waals surface area contributed by atoms with Gasteiger partial charge in [0, 0.05) is 29.8 Å². The number of hydrogen-bond donors (Lipinski definition) is 1. The largest absolute Gasteiger partial charge is 0.352 e. The van der Waals surface area contributed by atoms with Crippen LogP contribution in [0.5, 0.6) is 0 Å². The fraction of sp³-hybridized carbons (Fsp3) is 0.118. The van der Waals surface area contributed by atoms with E-state index in [4.69, 9.17) is 0 Å². The van der Waals surface area contributed by atoms with Gasteiger partial charge in [0.05, 0.1) is 27.8 Å². The van der Waals surface area contributed by atoms with Crippen LogP contribution in [0.3, 0.4) is 0 Å². The third-order valence-corrected chi connectivity index (χ3v) is 3.52. The average Bonchev–Trinajstić information content (AvgIpc) is 2.61. The molecule has 0 aliphatic heterocycles. The number of hydrogen-bond acceptors (Lipinski definition) is 5. The normalized spacial score (nSPS) is 10.5. The number of fused-ring (bicyclic) bond motifs is 1. The molecule has 7 heteroatoms. The number of carbonyl (C=O) groups is 1. The Morgan fingerprint density at radius 2 is 1.92 bits per heavy atom. The van der Waals surface area contributed by atoms with Crippen LogP contribution in [0.1, 0.15) is 17.3 Å². The van der Waals surface area contributed by atoms with Gasteiger partial charge in [-0.05, 0) is 25.1 Å². The fourth-order valence-electron chi connectivity index (χ4n) is 2.31. The Balaban J connectivity index is 1.96. The molecule has 3 aromatic rings. The van der Waals surface area contributed by atoms with E-state index in [0.717, 1.165) is 5.56 Å². The van der Waals surface area contributed by atoms with Crippen LogP contribution in [0.25, 0.3) is 22.3 Å². The molecule has 120 valence electrons. The number of aromatic nitrogens is 2. The van der Waals surface area contributed by atoms with Gasteiger partial charge in [-0.1, -0.05) is 12.1 Å². The van der Waals surface area contributed by atoms with E-state index in [2.05, 4.69) is 15.3 Å². The average molecular weight is 322 g/mol. The molecule has 0 spiro atoms. The molecule has 7 nitrogen and oxygen atoms in total. The van der Waals surface area contributed by atoms with Crippen molar-refractivity contribution in [1.82, 2.24) is 15.3 Å². The number of nitrogens with one attached hydrogen (secondary N) is 1. The van der Waals surface area contributed by atoms with Gasteiger partial charge in [-0.2, -0.15) is 0 Å². The first kappa shape index (κ1) is 15.5. The maximum absolute atomic E-state index is 11.8. The number of carbonyl (C=O) groups excluding carboxylic acids is 1. The van der Waals surface area contributed by atoms with Crippen molar-refractivity contribution in [2.75, 3.05) is 6.54 Å². The molecule has 0 aliphatic carbocycles. The molecule has 0 aliphatic rings. The topological polar surface area (TPSA) is 98.0 Å². The van der Waals surface area contributed by atoms with E-state index < -0.39 is 4.92 Å². The summed E-state index contributed by atoms with van der Waals surface area (Å²) in [6, 6.07) is 11.3. The Morgan fingerprint density at radius 3 is 2.58 bits per heavy atom. The highest BCUT2D eigenvalue weighted by molar-refractivity contribution is 5.94. The molecular formula is C17H14N4O3. The predicted octanol–water partition coefficient (Wildman–Crippen LogP) is 2.95. The van der Waals surface area contributed by atoms with Gasteiger partial charge >= 0.3 is 0 Å². The van der Waals surface area contributed by atoms with Crippen molar-refractivity contribution in [2.45, 2.75) is 6.92 Å². The molecule has 0 saturated carbocycles. The van der Waals surface area contributed by atoms with Gasteiger partial charge in [0.25, 0.3) is 11.6 Å². The second kappa shape index (κ2) is 6.41. The van der Waals surface area contributed by atoms with Gasteiger partial charge < -0.3 is 5.32 Å². The van der Waals surface area contributed by atoms with Gasteiger partial charge in [-0.25, -0.2) is 4.98 Å². The predicted molar refractivity (Wildman–Crippen MR) is 89.6 cm³/mol. The molecule has 0 bridgehead atoms. The Hall–Kier alpha value is -3.35. The van der Waals surface area contributed by atoms with Crippen molar-refractivity contribution < 1.29 is 9.72 Å². The van der Waals surface area contributed by atoms with Gasteiger partial charge in [-0.15, -0.1) is 0 Å². The zero-order valence-electron chi connectivity index (χ0n) is 12.9. The molecule has 3 rings (SSSR count). The summed E-state index contributed by atoms with van der Waals surface area (Å²) in [5.41, 5.74) is 2.94. The van der Waals surface area contributed by atoms with E-state index in [1.165, 1.54) is 12.1 Å². The monoisotopic (exact) mass is 322 g/mol. The van der Waals surface area contributed by atoms with Crippen LogP contribution in [-0.4, -0.2) is 27.3 Å². The molecule has 1 heterocycles. The van der Waals surface area contributed by atoms with Gasteiger partial charge in [0.15, 0.2) is 0 Å². The number of non-ortho nitro benzene ring substituents is 1. The highest BCUT2D eigenvalue weighted by Crippen LogP contribution is 2.22. The zero-order valence-corrected chi connectivity index (χ0v) is 12.9. The van der Waals surface area contributed by atoms with Crippen LogP contribution in [-0.2, 0) is 0 Å². The third-order valence-electron chi connectivity index (χ3n) is 3.52. The lowest BCUT2D eigenvalue weighted by atomic mass is 10.1. The number of amides is 1. The van der Waals surface area contributed by atoms with Crippen molar-refractivity contribution in [3.05, 3.63) is 64.3 Å². The summed E-state index contributed by atoms with van der Waals surface area (Å²) in [7, 11) is 0. The standard InChI is InChI=1S/C17H14N4O3/c1-2-18-17(22)12-5-3-11(4-6-12)16-10-19-14-8-7-13(21(23)24)9-15(14)20-16/h3-10H,2H2,1H3,(H,18,22). The van der Waals surface area contributed by atoms with Gasteiger partial charge in [0.2, 0.25) is 0 Å². The Labute approximate surface area is 137 Å². The first-order valence-electron chi connectivity index (χ1n) is 7.38. The van der Waals surface area contributed by atoms with Crippen LogP contribution in [0.2, 0.25) is 0 Å². The summed E-state index contributed by atoms with van der Waals surface area (Å²) >= 11 is 0. The lowest BCUT2D eigenvalue weighted by Crippen LogP contribution is -2.22. The quantitative estimate of drug-likeness (QED) is 0.588. The number of rotatable bonds is 4. The van der Waals surface area contributed by atoms with E-state index >= 15 is 0 Å². The molecular weight excluding hydrogens is 308 g/mol. The number of nitro benzene ring substituents is 1. The summed E-state index contributed by atoms with van der Waals surface area (Å²) in [5.74, 6) is -0.135. The van der Waals surface area contributed by atoms with E-state index in [1.54, 1.807) is 36.5 Å². The Kier molecular flexibility index (Phi) is 4.15. The van der Waals surface area contributed by atoms with Crippen molar-refractivity contribution >= 4 is 22.6 Å². The third kappa shape index (κ3) is 3.05. The first-order chi connectivity index (χ1) is 11.6. The Bertz CT molecular complexity index is 923. The van der Waals surface area contributed by atoms with Gasteiger partial charge in [0.1, 0.15) is 0 Å². The second-order valence-corrected chi connectivity index (χ2v) is 5.12. The number of nitro groups is 1. The molecule has 1 amide bonds. The van der Waals surface area contributed by atoms with Crippen LogP contribution < -0.4 is 5.32 Å². The molecule has 0 fully saturated rings. The van der Waals surface area contributed by atoms with Crippen LogP contribution in [0.4, 0.5) is 5.69 Å². The number of benzene rings is 2. The van der Waals surface area contributed by atoms with Crippen LogP contribution in [0.15, 0.2) is 48.7 Å². The van der Waals surface area contributed by atoms with E-state index in [9.17, 15) is 14.9 Å². The Morgan fingerprint density at radius 1 is 1.17 bits per heavy atom. The molecule has 1 N–H and O–H groups in total. The maximum Gasteiger partial charge on any atom is 0.271 e. The molecule has 0 unspecified atom stereocenters. The lowest BCUT2D eigenvalue weighted by Gasteiger charge is -2.05. The smallest absolute Gasteiger partial charge is 0.271 e. The van der Waals surface area contributed by atoms with Crippen LogP contribution in [0, 0.1) is 10.1 Å². The van der Waals surface area contributed by atoms with Gasteiger partial charge in [-0.3, -0.25) is 19.9 Å². The van der Waals surface area contributed by atoms with E-state index in [-0.39, 0.29) is 11.6 Å². The molecule has 24 heavy (non-hydrogen) atoms. The summed E-state index contributed by atoms with van der Waals surface area (Å²) in [5, 5.41) is 13.6. The first-order valence-corrected chi connectivity index (χ1v) is 7.38. The van der Waals surface area contributed by atoms with Crippen molar-refractivity contribution in [3.8, 4) is 11.3 Å². The molecule has 0 atom stereocenters. The summed E-state index contributed by atoms with van der Waals surface area (Å²) in [6.45, 7) is 2.42. The molecule has 0 saturated heterocycles. The minimum atomic E-state index is -0.463. The second-order valence-electron chi connectivity index (χ2n) is 5.12. The molecule has 1 aromatic heterocycles. The minimum Gasteiger partial charge on any atom is -0.352 e. The summed E-state index contributed by atoms with van der Waals surface area (Å²) in [4.78, 5) is 30.9. The zero-order chi connectivity index (χ0) is 17.1.